The predicted molar refractivity (Wildman–Crippen MR) is 94.5 cm³/mol. The van der Waals surface area contributed by atoms with E-state index in [1.54, 1.807) is 7.11 Å². The summed E-state index contributed by atoms with van der Waals surface area (Å²) in [7, 11) is 1.73. The van der Waals surface area contributed by atoms with Gasteiger partial charge in [-0.1, -0.05) is 37.3 Å². The Morgan fingerprint density at radius 3 is 2.25 bits per heavy atom. The minimum Gasteiger partial charge on any atom is -0.463 e. The number of hydrogen-bond acceptors (Lipinski definition) is 4. The number of likely N-dealkylation sites (N-methyl/N-ethyl adjacent to an activating group) is 1. The highest BCUT2D eigenvalue weighted by atomic mass is 16.7. The van der Waals surface area contributed by atoms with Crippen molar-refractivity contribution in [2.75, 3.05) is 46.6 Å². The van der Waals surface area contributed by atoms with E-state index in [-0.39, 0.29) is 18.5 Å². The smallest absolute Gasteiger partial charge is 0.313 e. The molecule has 1 unspecified atom stereocenters. The lowest BCUT2D eigenvalue weighted by atomic mass is 9.97. The van der Waals surface area contributed by atoms with Crippen molar-refractivity contribution in [2.24, 2.45) is 0 Å². The van der Waals surface area contributed by atoms with Gasteiger partial charge in [0.2, 0.25) is 0 Å². The van der Waals surface area contributed by atoms with Crippen LogP contribution in [0.4, 0.5) is 0 Å². The molecule has 0 bridgehead atoms. The van der Waals surface area contributed by atoms with Crippen molar-refractivity contribution in [2.45, 2.75) is 33.1 Å². The molecule has 0 saturated carbocycles. The predicted octanol–water partition coefficient (Wildman–Crippen LogP) is 3.16. The van der Waals surface area contributed by atoms with Crippen LogP contribution < -0.4 is 0 Å². The largest absolute Gasteiger partial charge is 0.463 e. The Balaban J connectivity index is 2.28. The molecule has 136 valence electrons. The van der Waals surface area contributed by atoms with Crippen molar-refractivity contribution in [3.05, 3.63) is 35.9 Å². The van der Waals surface area contributed by atoms with E-state index in [1.165, 1.54) is 0 Å². The van der Waals surface area contributed by atoms with Gasteiger partial charge in [-0.15, -0.1) is 0 Å². The van der Waals surface area contributed by atoms with Gasteiger partial charge >= 0.3 is 5.97 Å². The maximum Gasteiger partial charge on any atom is 0.313 e. The summed E-state index contributed by atoms with van der Waals surface area (Å²) in [5, 5.41) is 0. The average molecular weight is 338 g/mol. The molecule has 5 heteroatoms. The second-order valence-electron chi connectivity index (χ2n) is 5.75. The summed E-state index contributed by atoms with van der Waals surface area (Å²) in [4.78, 5) is 17.8. The molecule has 0 saturated heterocycles. The SMILES string of the molecule is CCC(C(=O)OCCOCC[N+](CC)(CC)OC)c1ccccc1. The number of quaternary nitrogens is 1. The minimum absolute atomic E-state index is 0.184. The van der Waals surface area contributed by atoms with Gasteiger partial charge in [0.15, 0.2) is 0 Å². The molecule has 0 spiro atoms. The van der Waals surface area contributed by atoms with Gasteiger partial charge < -0.3 is 9.47 Å². The van der Waals surface area contributed by atoms with Crippen molar-refractivity contribution in [3.63, 3.8) is 0 Å². The quantitative estimate of drug-likeness (QED) is 0.254. The molecule has 1 aromatic rings. The summed E-state index contributed by atoms with van der Waals surface area (Å²) in [5.74, 6) is -0.388. The first kappa shape index (κ1) is 20.6. The van der Waals surface area contributed by atoms with Crippen LogP contribution in [-0.4, -0.2) is 57.2 Å². The van der Waals surface area contributed by atoms with Gasteiger partial charge in [0.1, 0.15) is 26.2 Å². The van der Waals surface area contributed by atoms with Crippen LogP contribution in [0.1, 0.15) is 38.7 Å². The van der Waals surface area contributed by atoms with Crippen LogP contribution in [0.5, 0.6) is 0 Å². The molecule has 0 heterocycles. The van der Waals surface area contributed by atoms with Crippen LogP contribution in [0.25, 0.3) is 0 Å². The first-order valence-electron chi connectivity index (χ1n) is 8.83. The molecule has 0 N–H and O–H groups in total. The van der Waals surface area contributed by atoms with Crippen LogP contribution in [0.3, 0.4) is 0 Å². The second-order valence-corrected chi connectivity index (χ2v) is 5.75. The van der Waals surface area contributed by atoms with Crippen molar-refractivity contribution >= 4 is 5.97 Å². The molecular weight excluding hydrogens is 306 g/mol. The highest BCUT2D eigenvalue weighted by Crippen LogP contribution is 2.20. The lowest BCUT2D eigenvalue weighted by Gasteiger charge is -2.31. The van der Waals surface area contributed by atoms with E-state index in [0.717, 1.165) is 31.6 Å². The number of nitrogens with zero attached hydrogens (tertiary/aromatic N) is 1. The molecule has 0 aromatic heterocycles. The van der Waals surface area contributed by atoms with Crippen LogP contribution in [0.2, 0.25) is 0 Å². The molecule has 0 aliphatic carbocycles. The topological polar surface area (TPSA) is 44.8 Å². The molecule has 0 amide bonds. The summed E-state index contributed by atoms with van der Waals surface area (Å²) in [5.41, 5.74) is 0.999. The first-order chi connectivity index (χ1) is 11.6. The molecule has 0 aliphatic heterocycles. The Kier molecular flexibility index (Phi) is 9.60. The first-order valence-corrected chi connectivity index (χ1v) is 8.83. The normalized spacial score (nSPS) is 12.8. The van der Waals surface area contributed by atoms with Crippen LogP contribution in [0.15, 0.2) is 30.3 Å². The zero-order valence-electron chi connectivity index (χ0n) is 15.5. The number of hydrogen-bond donors (Lipinski definition) is 0. The Morgan fingerprint density at radius 2 is 1.71 bits per heavy atom. The third kappa shape index (κ3) is 6.23. The van der Waals surface area contributed by atoms with E-state index in [1.807, 2.05) is 37.3 Å². The number of carbonyl (C=O) groups excluding carboxylic acids is 1. The molecule has 1 rings (SSSR count). The van der Waals surface area contributed by atoms with Crippen molar-refractivity contribution < 1.29 is 23.8 Å². The molecule has 0 aliphatic rings. The Bertz CT molecular complexity index is 451. The summed E-state index contributed by atoms with van der Waals surface area (Å²) in [6.07, 6.45) is 0.727. The maximum absolute atomic E-state index is 12.2. The fraction of sp³-hybridized carbons (Fsp3) is 0.632. The van der Waals surface area contributed by atoms with E-state index in [0.29, 0.717) is 17.9 Å². The van der Waals surface area contributed by atoms with Gasteiger partial charge in [-0.2, -0.15) is 4.65 Å². The van der Waals surface area contributed by atoms with Crippen molar-refractivity contribution in [1.82, 2.24) is 0 Å². The molecule has 5 nitrogen and oxygen atoms in total. The second kappa shape index (κ2) is 11.2. The number of hydroxylamine groups is 3. The number of carbonyl (C=O) groups is 1. The third-order valence-corrected chi connectivity index (χ3v) is 4.55. The average Bonchev–Trinajstić information content (AvgIpc) is 2.63. The Hall–Kier alpha value is -1.43. The Labute approximate surface area is 146 Å². The minimum atomic E-state index is -0.204. The van der Waals surface area contributed by atoms with Crippen LogP contribution >= 0.6 is 0 Å². The van der Waals surface area contributed by atoms with Gasteiger partial charge in [0.05, 0.1) is 26.2 Å². The fourth-order valence-corrected chi connectivity index (χ4v) is 2.75. The Morgan fingerprint density at radius 1 is 1.04 bits per heavy atom. The number of rotatable bonds is 12. The zero-order valence-corrected chi connectivity index (χ0v) is 15.5. The highest BCUT2D eigenvalue weighted by molar-refractivity contribution is 5.78. The summed E-state index contributed by atoms with van der Waals surface area (Å²) in [6.45, 7) is 10.1. The van der Waals surface area contributed by atoms with Gasteiger partial charge in [0.25, 0.3) is 0 Å². The monoisotopic (exact) mass is 338 g/mol. The maximum atomic E-state index is 12.2. The standard InChI is InChI=1S/C19H32NO4/c1-5-18(17-11-9-8-10-12-17)19(21)24-16-15-23-14-13-20(6-2,7-3)22-4/h8-12,18H,5-7,13-16H2,1-4H3/q+1. The number of esters is 1. The molecular formula is C19H32NO4+. The molecule has 0 fully saturated rings. The summed E-state index contributed by atoms with van der Waals surface area (Å²) >= 11 is 0. The van der Waals surface area contributed by atoms with Crippen LogP contribution in [-0.2, 0) is 19.1 Å². The molecule has 1 aromatic carbocycles. The lowest BCUT2D eigenvalue weighted by Crippen LogP contribution is -2.48. The van der Waals surface area contributed by atoms with Crippen molar-refractivity contribution in [1.29, 1.82) is 0 Å². The number of benzene rings is 1. The van der Waals surface area contributed by atoms with E-state index in [9.17, 15) is 4.79 Å². The van der Waals surface area contributed by atoms with E-state index in [4.69, 9.17) is 14.3 Å². The van der Waals surface area contributed by atoms with Gasteiger partial charge in [-0.05, 0) is 25.8 Å². The van der Waals surface area contributed by atoms with E-state index >= 15 is 0 Å². The van der Waals surface area contributed by atoms with Gasteiger partial charge in [-0.25, -0.2) is 4.84 Å². The van der Waals surface area contributed by atoms with Gasteiger partial charge in [-0.3, -0.25) is 4.79 Å². The number of ether oxygens (including phenoxy) is 2. The van der Waals surface area contributed by atoms with E-state index in [2.05, 4.69) is 13.8 Å². The summed E-state index contributed by atoms with van der Waals surface area (Å²) < 4.78 is 11.5. The fourth-order valence-electron chi connectivity index (χ4n) is 2.75. The highest BCUT2D eigenvalue weighted by Gasteiger charge is 2.23. The van der Waals surface area contributed by atoms with Gasteiger partial charge in [0, 0.05) is 0 Å². The molecule has 1 atom stereocenters. The summed E-state index contributed by atoms with van der Waals surface area (Å²) in [6, 6.07) is 9.75. The zero-order chi connectivity index (χ0) is 17.8. The van der Waals surface area contributed by atoms with Crippen LogP contribution in [0, 0.1) is 0 Å². The third-order valence-electron chi connectivity index (χ3n) is 4.55. The molecule has 0 radical (unpaired) electrons. The molecule has 24 heavy (non-hydrogen) atoms. The van der Waals surface area contributed by atoms with E-state index < -0.39 is 0 Å². The lowest BCUT2D eigenvalue weighted by molar-refractivity contribution is -1.10. The van der Waals surface area contributed by atoms with Crippen molar-refractivity contribution in [3.8, 4) is 0 Å².